The molecule has 0 saturated heterocycles. The van der Waals surface area contributed by atoms with E-state index in [1.807, 2.05) is 0 Å². The maximum Gasteiger partial charge on any atom is 0.306 e. The normalized spacial score (nSPS) is 12.6. The third-order valence-electron chi connectivity index (χ3n) is 11.9. The van der Waals surface area contributed by atoms with Crippen LogP contribution in [0.3, 0.4) is 0 Å². The lowest BCUT2D eigenvalue weighted by molar-refractivity contribution is -0.143. The molecule has 0 rings (SSSR count). The number of unbranched alkanes of at least 4 members (excludes halogenated alkanes) is 17. The standard InChI is InChI=1S/C52H100NO4P/c1-7-11-21-35-49(36-22-12-8-2)39-27-30-44-56-51(54)41-25-17-15-19-32-46-58(48-34-29-43-53(5)6)47-33-20-16-18-26-42-52(55)57-45-31-28-40-50(37-23-13-9-3)38-24-14-10-4/h27-28,30-31,49-50H,7-26,29,32-48H2,1-6H3. The molecule has 0 aliphatic rings. The zero-order valence-corrected chi connectivity index (χ0v) is 40.8. The first kappa shape index (κ1) is 56.8. The number of ether oxygens (including phenoxy) is 2. The summed E-state index contributed by atoms with van der Waals surface area (Å²) in [4.78, 5) is 26.9. The fraction of sp³-hybridized carbons (Fsp3) is 0.885. The molecule has 342 valence electrons. The van der Waals surface area contributed by atoms with Crippen LogP contribution in [-0.4, -0.2) is 69.2 Å². The van der Waals surface area contributed by atoms with Crippen molar-refractivity contribution in [3.8, 4) is 0 Å². The van der Waals surface area contributed by atoms with Crippen LogP contribution in [-0.2, 0) is 19.1 Å². The van der Waals surface area contributed by atoms with E-state index < -0.39 is 0 Å². The number of allylic oxidation sites excluding steroid dienone is 2. The quantitative estimate of drug-likeness (QED) is 0.0265. The molecule has 0 bridgehead atoms. The zero-order chi connectivity index (χ0) is 42.6. The second-order valence-corrected chi connectivity index (χ2v) is 20.6. The van der Waals surface area contributed by atoms with E-state index in [1.165, 1.54) is 179 Å². The summed E-state index contributed by atoms with van der Waals surface area (Å²) in [7, 11) is 4.47. The Morgan fingerprint density at radius 1 is 0.448 bits per heavy atom. The predicted octanol–water partition coefficient (Wildman–Crippen LogP) is 16.0. The Balaban J connectivity index is 4.19. The first-order valence-electron chi connectivity index (χ1n) is 25.3. The van der Waals surface area contributed by atoms with E-state index in [9.17, 15) is 9.59 Å². The van der Waals surface area contributed by atoms with Crippen LogP contribution in [0, 0.1) is 11.8 Å². The van der Waals surface area contributed by atoms with E-state index in [0.29, 0.717) is 26.1 Å². The van der Waals surface area contributed by atoms with Crippen molar-refractivity contribution >= 4 is 19.9 Å². The number of nitrogens with zero attached hydrogens (tertiary/aromatic N) is 1. The molecule has 0 heterocycles. The molecular weight excluding hydrogens is 734 g/mol. The van der Waals surface area contributed by atoms with Crippen LogP contribution < -0.4 is 0 Å². The molecule has 0 unspecified atom stereocenters. The van der Waals surface area contributed by atoms with Gasteiger partial charge in [0.05, 0.1) is 0 Å². The van der Waals surface area contributed by atoms with Crippen LogP contribution in [0.4, 0.5) is 0 Å². The highest BCUT2D eigenvalue weighted by Gasteiger charge is 2.11. The van der Waals surface area contributed by atoms with Gasteiger partial charge in [0, 0.05) is 12.8 Å². The van der Waals surface area contributed by atoms with Crippen LogP contribution in [0.5, 0.6) is 0 Å². The molecule has 0 saturated carbocycles. The first-order chi connectivity index (χ1) is 28.4. The van der Waals surface area contributed by atoms with Gasteiger partial charge in [0.2, 0.25) is 0 Å². The van der Waals surface area contributed by atoms with Gasteiger partial charge in [-0.15, -0.1) is 7.92 Å². The molecule has 6 heteroatoms. The Morgan fingerprint density at radius 2 is 0.793 bits per heavy atom. The van der Waals surface area contributed by atoms with Gasteiger partial charge in [-0.1, -0.05) is 193 Å². The summed E-state index contributed by atoms with van der Waals surface area (Å²) in [6.45, 7) is 11.2. The maximum absolute atomic E-state index is 12.3. The molecular formula is C52H100NO4P. The van der Waals surface area contributed by atoms with Crippen LogP contribution in [0.25, 0.3) is 0 Å². The summed E-state index contributed by atoms with van der Waals surface area (Å²) in [5.41, 5.74) is 0. The topological polar surface area (TPSA) is 55.8 Å². The highest BCUT2D eigenvalue weighted by Crippen LogP contribution is 2.39. The molecule has 5 nitrogen and oxygen atoms in total. The molecule has 0 aromatic heterocycles. The molecule has 58 heavy (non-hydrogen) atoms. The Hall–Kier alpha value is -1.19. The van der Waals surface area contributed by atoms with Gasteiger partial charge in [0.1, 0.15) is 13.2 Å². The van der Waals surface area contributed by atoms with Gasteiger partial charge in [-0.2, -0.15) is 0 Å². The second kappa shape index (κ2) is 45.3. The van der Waals surface area contributed by atoms with Crippen LogP contribution in [0.15, 0.2) is 24.3 Å². The average Bonchev–Trinajstić information content (AvgIpc) is 3.20. The first-order valence-corrected chi connectivity index (χ1v) is 27.2. The van der Waals surface area contributed by atoms with Gasteiger partial charge in [0.25, 0.3) is 0 Å². The van der Waals surface area contributed by atoms with Gasteiger partial charge < -0.3 is 14.4 Å². The average molecular weight is 834 g/mol. The molecule has 0 aliphatic heterocycles. The zero-order valence-electron chi connectivity index (χ0n) is 39.9. The van der Waals surface area contributed by atoms with E-state index in [0.717, 1.165) is 50.4 Å². The van der Waals surface area contributed by atoms with Crippen molar-refractivity contribution in [2.75, 3.05) is 52.3 Å². The lowest BCUT2D eigenvalue weighted by Crippen LogP contribution is -2.13. The molecule has 0 aromatic carbocycles. The maximum atomic E-state index is 12.3. The van der Waals surface area contributed by atoms with Crippen molar-refractivity contribution in [1.29, 1.82) is 0 Å². The van der Waals surface area contributed by atoms with Crippen molar-refractivity contribution in [3.05, 3.63) is 24.3 Å². The van der Waals surface area contributed by atoms with E-state index >= 15 is 0 Å². The highest BCUT2D eigenvalue weighted by atomic mass is 31.1. The fourth-order valence-corrected chi connectivity index (χ4v) is 10.7. The highest BCUT2D eigenvalue weighted by molar-refractivity contribution is 7.57. The van der Waals surface area contributed by atoms with Crippen molar-refractivity contribution in [1.82, 2.24) is 4.90 Å². The van der Waals surface area contributed by atoms with Crippen molar-refractivity contribution in [3.63, 3.8) is 0 Å². The molecule has 0 radical (unpaired) electrons. The smallest absolute Gasteiger partial charge is 0.306 e. The summed E-state index contributed by atoms with van der Waals surface area (Å²) < 4.78 is 11.0. The third-order valence-corrected chi connectivity index (χ3v) is 14.7. The minimum absolute atomic E-state index is 0.0363. The molecule has 0 N–H and O–H groups in total. The second-order valence-electron chi connectivity index (χ2n) is 17.9. The third kappa shape index (κ3) is 41.5. The lowest BCUT2D eigenvalue weighted by Gasteiger charge is -2.18. The minimum Gasteiger partial charge on any atom is -0.461 e. The molecule has 0 spiro atoms. The van der Waals surface area contributed by atoms with E-state index in [1.54, 1.807) is 0 Å². The Morgan fingerprint density at radius 3 is 1.16 bits per heavy atom. The molecule has 0 aliphatic carbocycles. The van der Waals surface area contributed by atoms with Gasteiger partial charge in [-0.05, 0) is 102 Å². The summed E-state index contributed by atoms with van der Waals surface area (Å²) in [6, 6.07) is 0. The number of rotatable bonds is 45. The summed E-state index contributed by atoms with van der Waals surface area (Å²) in [5.74, 6) is 1.49. The predicted molar refractivity (Wildman–Crippen MR) is 258 cm³/mol. The number of carbonyl (C=O) groups excluding carboxylic acids is 2. The summed E-state index contributed by atoms with van der Waals surface area (Å²) >= 11 is 0. The number of esters is 2. The minimum atomic E-state index is -0.0363. The lowest BCUT2D eigenvalue weighted by atomic mass is 9.92. The van der Waals surface area contributed by atoms with Gasteiger partial charge in [0.15, 0.2) is 0 Å². The SMILES string of the molecule is CCCCCC(CC=CCOC(=O)CCCCCCCP(CCCCCCCC(=O)OCC=CCC(CCCCC)CCCCC)CCCCN(C)C)CCCCC. The van der Waals surface area contributed by atoms with Gasteiger partial charge in [-0.3, -0.25) is 9.59 Å². The summed E-state index contributed by atoms with van der Waals surface area (Å²) in [6.07, 6.45) is 52.0. The molecule has 0 aromatic rings. The van der Waals surface area contributed by atoms with Gasteiger partial charge in [-0.25, -0.2) is 0 Å². The van der Waals surface area contributed by atoms with Crippen LogP contribution in [0.2, 0.25) is 0 Å². The van der Waals surface area contributed by atoms with Crippen molar-refractivity contribution in [2.24, 2.45) is 11.8 Å². The number of hydrogen-bond donors (Lipinski definition) is 0. The van der Waals surface area contributed by atoms with E-state index in [2.05, 4.69) is 71.0 Å². The van der Waals surface area contributed by atoms with E-state index in [4.69, 9.17) is 9.47 Å². The monoisotopic (exact) mass is 834 g/mol. The van der Waals surface area contributed by atoms with Crippen molar-refractivity contribution in [2.45, 2.75) is 233 Å². The van der Waals surface area contributed by atoms with Crippen LogP contribution >= 0.6 is 7.92 Å². The van der Waals surface area contributed by atoms with E-state index in [-0.39, 0.29) is 19.9 Å². The Kier molecular flexibility index (Phi) is 44.4. The Labute approximate surface area is 364 Å². The van der Waals surface area contributed by atoms with Crippen LogP contribution in [0.1, 0.15) is 233 Å². The van der Waals surface area contributed by atoms with Crippen molar-refractivity contribution < 1.29 is 19.1 Å². The fourth-order valence-electron chi connectivity index (χ4n) is 8.00. The summed E-state index contributed by atoms with van der Waals surface area (Å²) in [5, 5.41) is 0. The molecule has 0 amide bonds. The molecule has 0 fully saturated rings. The number of hydrogen-bond acceptors (Lipinski definition) is 5. The number of carbonyl (C=O) groups is 2. The van der Waals surface area contributed by atoms with Gasteiger partial charge >= 0.3 is 11.9 Å². The Bertz CT molecular complexity index is 850. The largest absolute Gasteiger partial charge is 0.461 e. The molecule has 0 atom stereocenters.